The van der Waals surface area contributed by atoms with Crippen molar-refractivity contribution in [3.05, 3.63) is 228 Å². The van der Waals surface area contributed by atoms with Gasteiger partial charge < -0.3 is 31.9 Å². The van der Waals surface area contributed by atoms with Crippen LogP contribution < -0.4 is 31.9 Å². The Morgan fingerprint density at radius 3 is 1.39 bits per heavy atom. The van der Waals surface area contributed by atoms with Gasteiger partial charge in [-0.05, 0) is 91.0 Å². The zero-order chi connectivity index (χ0) is 43.1. The summed E-state index contributed by atoms with van der Waals surface area (Å²) < 4.78 is 0. The fraction of sp³-hybridized carbons (Fsp3) is 0.0204. The fourth-order valence-electron chi connectivity index (χ4n) is 5.97. The molecule has 0 bridgehead atoms. The third kappa shape index (κ3) is 11.7. The van der Waals surface area contributed by atoms with Crippen LogP contribution in [0.25, 0.3) is 0 Å². The first-order valence-corrected chi connectivity index (χ1v) is 18.9. The van der Waals surface area contributed by atoms with Gasteiger partial charge in [0.2, 0.25) is 0 Å². The first-order chi connectivity index (χ1) is 29.6. The van der Waals surface area contributed by atoms with Crippen molar-refractivity contribution in [2.45, 2.75) is 6.42 Å². The molecular weight excluding hydrogens is 769 g/mol. The van der Waals surface area contributed by atoms with Crippen LogP contribution in [0.1, 0.15) is 58.2 Å². The lowest BCUT2D eigenvalue weighted by atomic mass is 10.0. The number of nitrogens with one attached hydrogen (secondary N) is 6. The summed E-state index contributed by atoms with van der Waals surface area (Å²) in [4.78, 5) is 80.0. The second-order valence-corrected chi connectivity index (χ2v) is 13.4. The number of allylic oxidation sites excluding steroid dienone is 6. The summed E-state index contributed by atoms with van der Waals surface area (Å²) in [5.41, 5.74) is 3.48. The average molecular weight is 809 g/mol. The third-order valence-electron chi connectivity index (χ3n) is 8.94. The van der Waals surface area contributed by atoms with Crippen LogP contribution in [0, 0.1) is 0 Å². The van der Waals surface area contributed by atoms with Crippen molar-refractivity contribution < 1.29 is 28.8 Å². The third-order valence-corrected chi connectivity index (χ3v) is 8.94. The van der Waals surface area contributed by atoms with Crippen molar-refractivity contribution in [2.24, 2.45) is 0 Å². The molecule has 5 aromatic carbocycles. The maximum atomic E-state index is 13.9. The summed E-state index contributed by atoms with van der Waals surface area (Å²) in [6, 6.07) is 34.4. The highest BCUT2D eigenvalue weighted by Crippen LogP contribution is 2.22. The van der Waals surface area contributed by atoms with Gasteiger partial charge >= 0.3 is 0 Å². The molecule has 6 N–H and O–H groups in total. The van der Waals surface area contributed by atoms with E-state index in [1.807, 2.05) is 0 Å². The Morgan fingerprint density at radius 2 is 0.918 bits per heavy atom. The molecule has 61 heavy (non-hydrogen) atoms. The molecule has 6 amide bonds. The molecule has 0 heterocycles. The van der Waals surface area contributed by atoms with Crippen molar-refractivity contribution in [1.82, 2.24) is 10.6 Å². The van der Waals surface area contributed by atoms with Crippen molar-refractivity contribution in [3.8, 4) is 0 Å². The molecule has 0 aliphatic heterocycles. The summed E-state index contributed by atoms with van der Waals surface area (Å²) in [5.74, 6) is -3.02. The molecule has 0 radical (unpaired) electrons. The Balaban J connectivity index is 1.25. The number of hydrogen-bond donors (Lipinski definition) is 6. The van der Waals surface area contributed by atoms with Gasteiger partial charge in [0.1, 0.15) is 0 Å². The smallest absolute Gasteiger partial charge is 0.255 e. The monoisotopic (exact) mass is 808 g/mol. The highest BCUT2D eigenvalue weighted by atomic mass is 16.2. The highest BCUT2D eigenvalue weighted by Gasteiger charge is 2.19. The topological polar surface area (TPSA) is 175 Å². The Kier molecular flexibility index (Phi) is 13.9. The van der Waals surface area contributed by atoms with E-state index in [4.69, 9.17) is 0 Å². The Labute approximate surface area is 352 Å². The van der Waals surface area contributed by atoms with E-state index < -0.39 is 23.6 Å². The van der Waals surface area contributed by atoms with E-state index in [1.165, 1.54) is 36.4 Å². The van der Waals surface area contributed by atoms with Crippen molar-refractivity contribution >= 4 is 58.2 Å². The summed E-state index contributed by atoms with van der Waals surface area (Å²) >= 11 is 0. The molecule has 302 valence electrons. The number of carbonyl (C=O) groups is 6. The lowest BCUT2D eigenvalue weighted by Crippen LogP contribution is -2.26. The fourth-order valence-corrected chi connectivity index (χ4v) is 5.97. The van der Waals surface area contributed by atoms with E-state index >= 15 is 0 Å². The van der Waals surface area contributed by atoms with Crippen molar-refractivity contribution in [2.75, 3.05) is 21.3 Å². The summed E-state index contributed by atoms with van der Waals surface area (Å²) in [7, 11) is 0. The second-order valence-electron chi connectivity index (χ2n) is 13.4. The Hall–Kier alpha value is -8.64. The number of benzene rings is 5. The Morgan fingerprint density at radius 1 is 0.475 bits per heavy atom. The number of amides is 6. The molecule has 0 saturated carbocycles. The van der Waals surface area contributed by atoms with Crippen LogP contribution >= 0.6 is 0 Å². The standard InChI is InChI=1S/C49H40N6O6/c1-3-15-32(4-2)44(56)50-40-22-13-24-42(30-40)54-48(60)36-26-35(47(59)53-39-21-12-11-20-38(29-39)51-45(57)33-16-7-5-8-17-33)27-37(28-36)49(61)55-43-25-14-23-41(31-43)52-46(58)34-18-9-6-10-19-34/h3-20,22-31H,1-2,21H2,(H,50,56)(H,51,57)(H,52,58)(H,53,59)(H,54,60)(H,55,61)/b32-15+. The van der Waals surface area contributed by atoms with Crippen LogP contribution in [0.4, 0.5) is 22.7 Å². The minimum absolute atomic E-state index is 0.0124. The van der Waals surface area contributed by atoms with Crippen molar-refractivity contribution in [3.63, 3.8) is 0 Å². The van der Waals surface area contributed by atoms with Crippen molar-refractivity contribution in [1.29, 1.82) is 0 Å². The van der Waals surface area contributed by atoms with Gasteiger partial charge in [-0.2, -0.15) is 0 Å². The first-order valence-electron chi connectivity index (χ1n) is 18.9. The predicted molar refractivity (Wildman–Crippen MR) is 238 cm³/mol. The van der Waals surface area contributed by atoms with Crippen LogP contribution in [0.2, 0.25) is 0 Å². The maximum Gasteiger partial charge on any atom is 0.255 e. The van der Waals surface area contributed by atoms with E-state index in [-0.39, 0.29) is 34.1 Å². The van der Waals surface area contributed by atoms with Crippen LogP contribution in [0.15, 0.2) is 200 Å². The number of carbonyl (C=O) groups excluding carboxylic acids is 6. The van der Waals surface area contributed by atoms with Crippen LogP contribution in [0.5, 0.6) is 0 Å². The molecule has 1 aliphatic carbocycles. The van der Waals surface area contributed by atoms with E-state index in [0.717, 1.165) is 0 Å². The molecule has 0 atom stereocenters. The molecule has 6 rings (SSSR count). The minimum Gasteiger partial charge on any atom is -0.325 e. The zero-order valence-corrected chi connectivity index (χ0v) is 32.7. The first kappa shape index (κ1) is 42.0. The van der Waals surface area contributed by atoms with Gasteiger partial charge in [0.15, 0.2) is 0 Å². The lowest BCUT2D eigenvalue weighted by molar-refractivity contribution is -0.112. The normalized spacial score (nSPS) is 12.0. The van der Waals surface area contributed by atoms with Gasteiger partial charge in [0.25, 0.3) is 35.4 Å². The van der Waals surface area contributed by atoms with E-state index in [1.54, 1.807) is 133 Å². The van der Waals surface area contributed by atoms with Gasteiger partial charge in [-0.25, -0.2) is 0 Å². The van der Waals surface area contributed by atoms with E-state index in [2.05, 4.69) is 45.1 Å². The zero-order valence-electron chi connectivity index (χ0n) is 32.7. The van der Waals surface area contributed by atoms with Gasteiger partial charge in [0.05, 0.1) is 0 Å². The SMILES string of the molecule is C=C/C=C(\C=C)C(=O)Nc1cccc(NC(=O)c2cc(C(=O)NC3=CC(NC(=O)c4ccccc4)=CC=CC3)cc(C(=O)Nc3cccc(NC(=O)c4ccccc4)c3)c2)c1. The van der Waals surface area contributed by atoms with Gasteiger partial charge in [-0.15, -0.1) is 0 Å². The highest BCUT2D eigenvalue weighted by molar-refractivity contribution is 6.12. The van der Waals surface area contributed by atoms with Gasteiger partial charge in [-0.1, -0.05) is 92.1 Å². The van der Waals surface area contributed by atoms with Crippen LogP contribution in [0.3, 0.4) is 0 Å². The van der Waals surface area contributed by atoms with Crippen LogP contribution in [-0.4, -0.2) is 35.4 Å². The maximum absolute atomic E-state index is 13.9. The molecule has 0 unspecified atom stereocenters. The number of rotatable bonds is 14. The molecule has 0 fully saturated rings. The van der Waals surface area contributed by atoms with Gasteiger partial charge in [-0.3, -0.25) is 28.8 Å². The second kappa shape index (κ2) is 20.2. The summed E-state index contributed by atoms with van der Waals surface area (Å²) in [5, 5.41) is 16.8. The van der Waals surface area contributed by atoms with E-state index in [9.17, 15) is 28.8 Å². The molecule has 0 spiro atoms. The molecule has 5 aromatic rings. The lowest BCUT2D eigenvalue weighted by Gasteiger charge is -2.14. The molecule has 0 saturated heterocycles. The molecule has 12 heteroatoms. The van der Waals surface area contributed by atoms with Crippen LogP contribution in [-0.2, 0) is 4.79 Å². The quantitative estimate of drug-likeness (QED) is 0.0484. The number of anilines is 4. The largest absolute Gasteiger partial charge is 0.325 e. The average Bonchev–Trinajstić information content (AvgIpc) is 3.50. The molecular formula is C49H40N6O6. The summed E-state index contributed by atoms with van der Waals surface area (Å²) in [6.45, 7) is 7.26. The summed E-state index contributed by atoms with van der Waals surface area (Å²) in [6.07, 6.45) is 11.6. The Bertz CT molecular complexity index is 2660. The minimum atomic E-state index is -0.651. The molecule has 1 aliphatic rings. The molecule has 0 aromatic heterocycles. The van der Waals surface area contributed by atoms with Gasteiger partial charge in [0, 0.05) is 74.0 Å². The predicted octanol–water partition coefficient (Wildman–Crippen LogP) is 8.57. The number of hydrogen-bond acceptors (Lipinski definition) is 6. The molecule has 12 nitrogen and oxygen atoms in total. The van der Waals surface area contributed by atoms with E-state index in [0.29, 0.717) is 51.7 Å².